The van der Waals surface area contributed by atoms with Crippen LogP contribution in [-0.2, 0) is 37.6 Å². The van der Waals surface area contributed by atoms with E-state index in [4.69, 9.17) is 0 Å². The molecule has 0 N–H and O–H groups in total. The SMILES string of the molecule is O=C(Oc1c(F)c(F)c(F)c(F)c1F)c1cc2cc(C(F)(F)O[P+](=O)[O-])ccc2s1.[Ag+]. The molecular weight excluding hydrogens is 576 g/mol. The van der Waals surface area contributed by atoms with Crippen molar-refractivity contribution in [2.75, 3.05) is 0 Å². The van der Waals surface area contributed by atoms with Gasteiger partial charge in [-0.1, -0.05) is 4.52 Å². The predicted molar refractivity (Wildman–Crippen MR) is 85.6 cm³/mol. The second-order valence-electron chi connectivity index (χ2n) is 5.48. The van der Waals surface area contributed by atoms with Crippen molar-refractivity contribution in [1.82, 2.24) is 0 Å². The Labute approximate surface area is 187 Å². The molecule has 31 heavy (non-hydrogen) atoms. The van der Waals surface area contributed by atoms with Gasteiger partial charge >= 0.3 is 42.7 Å². The molecule has 0 spiro atoms. The quantitative estimate of drug-likeness (QED) is 0.0818. The predicted octanol–water partition coefficient (Wildman–Crippen LogP) is 4.90. The van der Waals surface area contributed by atoms with E-state index >= 15 is 0 Å². The van der Waals surface area contributed by atoms with E-state index in [2.05, 4.69) is 9.26 Å². The second-order valence-corrected chi connectivity index (χ2v) is 7.20. The Bertz CT molecular complexity index is 1170. The van der Waals surface area contributed by atoms with Crippen molar-refractivity contribution in [3.05, 3.63) is 63.8 Å². The molecule has 0 fully saturated rings. The Kier molecular flexibility index (Phi) is 7.64. The zero-order valence-corrected chi connectivity index (χ0v) is 17.3. The number of carbonyl (C=O) groups excluding carboxylic acids is 1. The third-order valence-corrected chi connectivity index (χ3v) is 5.08. The molecule has 1 aromatic heterocycles. The molecule has 1 atom stereocenters. The maximum Gasteiger partial charge on any atom is 1.00 e. The van der Waals surface area contributed by atoms with Gasteiger partial charge in [0.05, 0.1) is 5.56 Å². The molecule has 0 saturated carbocycles. The number of esters is 1. The van der Waals surface area contributed by atoms with Crippen LogP contribution in [0.5, 0.6) is 5.75 Å². The van der Waals surface area contributed by atoms with Gasteiger partial charge in [-0.25, -0.2) is 18.0 Å². The summed E-state index contributed by atoms with van der Waals surface area (Å²) in [6, 6.07) is 3.58. The fourth-order valence-corrected chi connectivity index (χ4v) is 3.50. The van der Waals surface area contributed by atoms with Crippen LogP contribution in [0.4, 0.5) is 30.7 Å². The topological polar surface area (TPSA) is 75.7 Å². The van der Waals surface area contributed by atoms with Gasteiger partial charge in [0.25, 0.3) is 0 Å². The molecule has 0 aliphatic carbocycles. The number of ether oxygens (including phenoxy) is 1. The molecule has 0 amide bonds. The van der Waals surface area contributed by atoms with Crippen LogP contribution in [0.1, 0.15) is 15.2 Å². The average Bonchev–Trinajstić information content (AvgIpc) is 3.10. The molecule has 0 aliphatic rings. The number of thiophene rings is 1. The minimum atomic E-state index is -4.21. The maximum atomic E-state index is 13.7. The molecule has 3 rings (SSSR count). The summed E-state index contributed by atoms with van der Waals surface area (Å²) in [7, 11) is -3.88. The summed E-state index contributed by atoms with van der Waals surface area (Å²) < 4.78 is 112. The fourth-order valence-electron chi connectivity index (χ4n) is 2.29. The average molecular weight is 580 g/mol. The summed E-state index contributed by atoms with van der Waals surface area (Å²) in [6.45, 7) is 0. The first-order valence-electron chi connectivity index (χ1n) is 7.41. The zero-order valence-electron chi connectivity index (χ0n) is 14.2. The summed E-state index contributed by atoms with van der Waals surface area (Å²) in [5.74, 6) is -15.2. The summed E-state index contributed by atoms with van der Waals surface area (Å²) >= 11 is 0.595. The van der Waals surface area contributed by atoms with E-state index in [9.17, 15) is 45.0 Å². The van der Waals surface area contributed by atoms with E-state index in [1.807, 2.05) is 0 Å². The van der Waals surface area contributed by atoms with Gasteiger partial charge in [-0.3, -0.25) is 0 Å². The van der Waals surface area contributed by atoms with Gasteiger partial charge in [0, 0.05) is 4.70 Å². The van der Waals surface area contributed by atoms with Gasteiger partial charge in [0.1, 0.15) is 4.88 Å². The van der Waals surface area contributed by atoms with E-state index in [0.717, 1.165) is 24.3 Å². The standard InChI is InChI=1S/C16H4F7O5PS.Ag/c17-9-10(18)12(20)14(13(21)11(9)19)27-15(24)8-4-5-3-6(1-2-7(5)30-8)16(22,23)28-29(25)26;/h1-4H;/q;+1. The number of rotatable bonds is 5. The van der Waals surface area contributed by atoms with Crippen LogP contribution in [-0.4, -0.2) is 5.97 Å². The Balaban J connectivity index is 0.00000341. The van der Waals surface area contributed by atoms with Gasteiger partial charge in [-0.2, -0.15) is 17.6 Å². The zero-order chi connectivity index (χ0) is 22.4. The third-order valence-electron chi connectivity index (χ3n) is 3.61. The second kappa shape index (κ2) is 9.33. The molecule has 3 aromatic rings. The number of benzene rings is 2. The van der Waals surface area contributed by atoms with Gasteiger partial charge in [0.15, 0.2) is 0 Å². The van der Waals surface area contributed by atoms with Crippen LogP contribution in [0.15, 0.2) is 24.3 Å². The van der Waals surface area contributed by atoms with E-state index in [1.54, 1.807) is 0 Å². The van der Waals surface area contributed by atoms with E-state index in [0.29, 0.717) is 11.3 Å². The molecule has 1 heterocycles. The largest absolute Gasteiger partial charge is 1.00 e. The monoisotopic (exact) mass is 579 g/mol. The van der Waals surface area contributed by atoms with Crippen molar-refractivity contribution >= 4 is 35.6 Å². The number of hydrogen-bond acceptors (Lipinski definition) is 6. The Hall–Kier alpha value is -1.86. The van der Waals surface area contributed by atoms with Crippen molar-refractivity contribution in [2.45, 2.75) is 6.11 Å². The Morgan fingerprint density at radius 1 is 0.968 bits per heavy atom. The Morgan fingerprint density at radius 2 is 1.52 bits per heavy atom. The molecule has 1 unspecified atom stereocenters. The molecular formula is C16H4AgF7O5PS+. The minimum absolute atomic E-state index is 0. The Morgan fingerprint density at radius 3 is 2.06 bits per heavy atom. The molecule has 2 aromatic carbocycles. The van der Waals surface area contributed by atoms with Crippen LogP contribution in [0, 0.1) is 29.1 Å². The normalized spacial score (nSPS) is 11.9. The molecule has 15 heteroatoms. The van der Waals surface area contributed by atoms with Gasteiger partial charge < -0.3 is 9.63 Å². The van der Waals surface area contributed by atoms with E-state index in [1.165, 1.54) is 0 Å². The van der Waals surface area contributed by atoms with Crippen LogP contribution < -0.4 is 9.63 Å². The van der Waals surface area contributed by atoms with Crippen molar-refractivity contribution in [1.29, 1.82) is 0 Å². The summed E-state index contributed by atoms with van der Waals surface area (Å²) in [5.41, 5.74) is -0.883. The molecule has 0 bridgehead atoms. The number of carbonyl (C=O) groups is 1. The number of fused-ring (bicyclic) bond motifs is 1. The molecule has 5 nitrogen and oxygen atoms in total. The molecule has 168 valence electrons. The van der Waals surface area contributed by atoms with Crippen LogP contribution >= 0.6 is 19.6 Å². The molecule has 0 aliphatic heterocycles. The first kappa shape index (κ1) is 25.4. The van der Waals surface area contributed by atoms with Gasteiger partial charge in [-0.15, -0.1) is 11.3 Å². The van der Waals surface area contributed by atoms with Crippen molar-refractivity contribution in [3.63, 3.8) is 0 Å². The number of alkyl halides is 2. The first-order valence-corrected chi connectivity index (χ1v) is 9.32. The summed E-state index contributed by atoms with van der Waals surface area (Å²) in [4.78, 5) is 22.0. The minimum Gasteiger partial charge on any atom is -0.566 e. The van der Waals surface area contributed by atoms with E-state index in [-0.39, 0.29) is 32.5 Å². The summed E-state index contributed by atoms with van der Waals surface area (Å²) in [5, 5.41) is -0.0359. The fraction of sp³-hybridized carbons (Fsp3) is 0.0625. The molecule has 0 radical (unpaired) electrons. The van der Waals surface area contributed by atoms with Crippen molar-refractivity contribution in [2.24, 2.45) is 0 Å². The van der Waals surface area contributed by atoms with Crippen LogP contribution in [0.2, 0.25) is 0 Å². The maximum absolute atomic E-state index is 13.7. The smallest absolute Gasteiger partial charge is 0.566 e. The summed E-state index contributed by atoms with van der Waals surface area (Å²) in [6.07, 6.45) is -4.21. The first-order chi connectivity index (χ1) is 13.9. The van der Waals surface area contributed by atoms with Gasteiger partial charge in [-0.05, 0) is 34.2 Å². The van der Waals surface area contributed by atoms with Gasteiger partial charge in [0.2, 0.25) is 34.8 Å². The number of halogens is 7. The third kappa shape index (κ3) is 4.98. The van der Waals surface area contributed by atoms with Crippen molar-refractivity contribution < 1.29 is 76.6 Å². The van der Waals surface area contributed by atoms with E-state index < -0.39 is 65.6 Å². The van der Waals surface area contributed by atoms with Crippen molar-refractivity contribution in [3.8, 4) is 5.75 Å². The number of hydrogen-bond donors (Lipinski definition) is 0. The van der Waals surface area contributed by atoms with Crippen LogP contribution in [0.3, 0.4) is 0 Å². The van der Waals surface area contributed by atoms with Crippen LogP contribution in [0.25, 0.3) is 10.1 Å². The molecule has 0 saturated heterocycles.